The number of rotatable bonds is 3. The van der Waals surface area contributed by atoms with Crippen LogP contribution in [-0.4, -0.2) is 18.6 Å². The van der Waals surface area contributed by atoms with E-state index in [0.717, 1.165) is 23.4 Å². The van der Waals surface area contributed by atoms with Crippen molar-refractivity contribution in [1.82, 2.24) is 0 Å². The summed E-state index contributed by atoms with van der Waals surface area (Å²) in [4.78, 5) is 2.56. The van der Waals surface area contributed by atoms with E-state index in [0.29, 0.717) is 0 Å². The van der Waals surface area contributed by atoms with E-state index < -0.39 is 0 Å². The molecule has 0 radical (unpaired) electrons. The first-order valence-electron chi connectivity index (χ1n) is 7.96. The first kappa shape index (κ1) is 14.2. The van der Waals surface area contributed by atoms with Crippen LogP contribution < -0.4 is 10.6 Å². The molecule has 0 bridgehead atoms. The van der Waals surface area contributed by atoms with Gasteiger partial charge < -0.3 is 10.6 Å². The molecule has 0 amide bonds. The first-order chi connectivity index (χ1) is 9.65. The Morgan fingerprint density at radius 2 is 2.10 bits per heavy atom. The zero-order valence-electron chi connectivity index (χ0n) is 12.3. The van der Waals surface area contributed by atoms with E-state index in [4.69, 9.17) is 17.3 Å². The Kier molecular flexibility index (Phi) is 4.23. The van der Waals surface area contributed by atoms with Gasteiger partial charge in [-0.15, -0.1) is 0 Å². The van der Waals surface area contributed by atoms with Crippen LogP contribution in [0.5, 0.6) is 0 Å². The smallest absolute Gasteiger partial charge is 0.0642 e. The molecule has 20 heavy (non-hydrogen) atoms. The van der Waals surface area contributed by atoms with Gasteiger partial charge in [0.15, 0.2) is 0 Å². The van der Waals surface area contributed by atoms with Crippen molar-refractivity contribution in [2.75, 3.05) is 11.4 Å². The summed E-state index contributed by atoms with van der Waals surface area (Å²) in [5.41, 5.74) is 8.34. The summed E-state index contributed by atoms with van der Waals surface area (Å²) in [5, 5.41) is 0.898. The van der Waals surface area contributed by atoms with Gasteiger partial charge in [0.2, 0.25) is 0 Å². The lowest BCUT2D eigenvalue weighted by Crippen LogP contribution is -2.34. The molecule has 1 aromatic rings. The van der Waals surface area contributed by atoms with Crippen LogP contribution in [-0.2, 0) is 6.42 Å². The predicted octanol–water partition coefficient (Wildman–Crippen LogP) is 4.00. The fourth-order valence-corrected chi connectivity index (χ4v) is 4.30. The molecule has 0 aromatic heterocycles. The molecule has 2 fully saturated rings. The summed E-state index contributed by atoms with van der Waals surface area (Å²) in [6, 6.07) is 7.42. The third-order valence-electron chi connectivity index (χ3n) is 4.89. The number of hydrogen-bond acceptors (Lipinski definition) is 2. The third kappa shape index (κ3) is 2.82. The number of nitrogens with two attached hydrogens (primary N) is 1. The van der Waals surface area contributed by atoms with Crippen LogP contribution in [0.15, 0.2) is 18.2 Å². The van der Waals surface area contributed by atoms with Gasteiger partial charge in [-0.25, -0.2) is 0 Å². The van der Waals surface area contributed by atoms with Gasteiger partial charge in [0.25, 0.3) is 0 Å². The summed E-state index contributed by atoms with van der Waals surface area (Å²) in [5.74, 6) is 0.892. The average molecular weight is 293 g/mol. The number of nitrogens with zero attached hydrogens (tertiary/aromatic N) is 1. The van der Waals surface area contributed by atoms with Gasteiger partial charge in [0.1, 0.15) is 0 Å². The van der Waals surface area contributed by atoms with Crippen LogP contribution in [0.3, 0.4) is 0 Å². The van der Waals surface area contributed by atoms with Gasteiger partial charge in [-0.3, -0.25) is 0 Å². The van der Waals surface area contributed by atoms with Crippen LogP contribution in [0.2, 0.25) is 5.02 Å². The summed E-state index contributed by atoms with van der Waals surface area (Å²) in [6.07, 6.45) is 7.76. The van der Waals surface area contributed by atoms with Crippen LogP contribution >= 0.6 is 11.6 Å². The number of hydrogen-bond donors (Lipinski definition) is 1. The molecule has 2 aliphatic rings. The highest BCUT2D eigenvalue weighted by molar-refractivity contribution is 6.33. The van der Waals surface area contributed by atoms with Crippen LogP contribution in [0.1, 0.15) is 44.6 Å². The van der Waals surface area contributed by atoms with E-state index in [-0.39, 0.29) is 6.04 Å². The molecule has 3 rings (SSSR count). The first-order valence-corrected chi connectivity index (χ1v) is 8.33. The number of benzene rings is 1. The number of fused-ring (bicyclic) bond motifs is 1. The van der Waals surface area contributed by atoms with Crippen molar-refractivity contribution >= 4 is 17.3 Å². The Morgan fingerprint density at radius 3 is 2.85 bits per heavy atom. The summed E-state index contributed by atoms with van der Waals surface area (Å²) < 4.78 is 0. The molecular formula is C17H25ClN2. The molecule has 3 atom stereocenters. The number of halogens is 1. The Balaban J connectivity index is 1.80. The maximum atomic E-state index is 6.54. The maximum absolute atomic E-state index is 6.54. The third-order valence-corrected chi connectivity index (χ3v) is 5.19. The molecule has 1 aliphatic carbocycles. The highest BCUT2D eigenvalue weighted by Gasteiger charge is 2.36. The fraction of sp³-hybridized carbons (Fsp3) is 0.647. The zero-order valence-corrected chi connectivity index (χ0v) is 13.1. The van der Waals surface area contributed by atoms with Crippen molar-refractivity contribution in [3.8, 4) is 0 Å². The standard InChI is InChI=1S/C17H25ClN2/c1-12(19)10-13-6-7-17(15(18)11-13)20-9-8-14-4-2-3-5-16(14)20/h6-7,11-12,14,16H,2-5,8-10,19H2,1H3. The van der Waals surface area contributed by atoms with E-state index in [1.165, 1.54) is 49.9 Å². The van der Waals surface area contributed by atoms with E-state index in [9.17, 15) is 0 Å². The largest absolute Gasteiger partial charge is 0.367 e. The van der Waals surface area contributed by atoms with Crippen molar-refractivity contribution < 1.29 is 0 Å². The topological polar surface area (TPSA) is 29.3 Å². The summed E-state index contributed by atoms with van der Waals surface area (Å²) >= 11 is 6.54. The van der Waals surface area contributed by atoms with Crippen molar-refractivity contribution in [1.29, 1.82) is 0 Å². The lowest BCUT2D eigenvalue weighted by Gasteiger charge is -2.33. The second-order valence-electron chi connectivity index (χ2n) is 6.56. The monoisotopic (exact) mass is 292 g/mol. The van der Waals surface area contributed by atoms with Crippen LogP contribution in [0.4, 0.5) is 5.69 Å². The molecule has 110 valence electrons. The fourth-order valence-electron chi connectivity index (χ4n) is 3.99. The lowest BCUT2D eigenvalue weighted by molar-refractivity contribution is 0.342. The Labute approximate surface area is 127 Å². The normalized spacial score (nSPS) is 27.4. The SMILES string of the molecule is CC(N)Cc1ccc(N2CCC3CCCCC32)c(Cl)c1. The average Bonchev–Trinajstić information content (AvgIpc) is 2.82. The molecule has 1 heterocycles. The Bertz CT molecular complexity index is 472. The molecule has 3 unspecified atom stereocenters. The molecule has 0 spiro atoms. The van der Waals surface area contributed by atoms with Crippen molar-refractivity contribution in [2.24, 2.45) is 11.7 Å². The quantitative estimate of drug-likeness (QED) is 0.912. The molecule has 3 heteroatoms. The van der Waals surface area contributed by atoms with Crippen molar-refractivity contribution in [3.63, 3.8) is 0 Å². The van der Waals surface area contributed by atoms with Gasteiger partial charge in [-0.1, -0.05) is 30.5 Å². The zero-order chi connectivity index (χ0) is 14.1. The maximum Gasteiger partial charge on any atom is 0.0642 e. The van der Waals surface area contributed by atoms with Crippen molar-refractivity contribution in [3.05, 3.63) is 28.8 Å². The van der Waals surface area contributed by atoms with E-state index in [2.05, 4.69) is 23.1 Å². The summed E-state index contributed by atoms with van der Waals surface area (Å²) in [6.45, 7) is 3.20. The number of anilines is 1. The van der Waals surface area contributed by atoms with Gasteiger partial charge in [-0.05, 0) is 56.2 Å². The van der Waals surface area contributed by atoms with Crippen molar-refractivity contribution in [2.45, 2.75) is 57.5 Å². The van der Waals surface area contributed by atoms with Gasteiger partial charge in [0, 0.05) is 18.6 Å². The van der Waals surface area contributed by atoms with E-state index in [1.807, 2.05) is 6.92 Å². The van der Waals surface area contributed by atoms with E-state index in [1.54, 1.807) is 0 Å². The highest BCUT2D eigenvalue weighted by atomic mass is 35.5. The van der Waals surface area contributed by atoms with Gasteiger partial charge in [-0.2, -0.15) is 0 Å². The van der Waals surface area contributed by atoms with Crippen LogP contribution in [0, 0.1) is 5.92 Å². The summed E-state index contributed by atoms with van der Waals surface area (Å²) in [7, 11) is 0. The molecule has 2 nitrogen and oxygen atoms in total. The van der Waals surface area contributed by atoms with Gasteiger partial charge >= 0.3 is 0 Å². The molecule has 1 aromatic carbocycles. The van der Waals surface area contributed by atoms with E-state index >= 15 is 0 Å². The minimum atomic E-state index is 0.187. The second kappa shape index (κ2) is 5.95. The molecule has 1 saturated heterocycles. The molecule has 1 aliphatic heterocycles. The molecular weight excluding hydrogens is 268 g/mol. The molecule has 2 N–H and O–H groups in total. The van der Waals surface area contributed by atoms with Crippen LogP contribution in [0.25, 0.3) is 0 Å². The Hall–Kier alpha value is -0.730. The highest BCUT2D eigenvalue weighted by Crippen LogP contribution is 2.41. The predicted molar refractivity (Wildman–Crippen MR) is 86.5 cm³/mol. The Morgan fingerprint density at radius 1 is 1.30 bits per heavy atom. The second-order valence-corrected chi connectivity index (χ2v) is 6.97. The van der Waals surface area contributed by atoms with Gasteiger partial charge in [0.05, 0.1) is 10.7 Å². The molecule has 1 saturated carbocycles. The minimum absolute atomic E-state index is 0.187. The minimum Gasteiger partial charge on any atom is -0.367 e. The lowest BCUT2D eigenvalue weighted by atomic mass is 9.85.